The molecule has 0 saturated heterocycles. The van der Waals surface area contributed by atoms with Crippen molar-refractivity contribution < 1.29 is 28.6 Å². The summed E-state index contributed by atoms with van der Waals surface area (Å²) >= 11 is 0. The van der Waals surface area contributed by atoms with Crippen LogP contribution >= 0.6 is 0 Å². The van der Waals surface area contributed by atoms with Crippen LogP contribution in [0, 0.1) is 0 Å². The first kappa shape index (κ1) is 75.5. The van der Waals surface area contributed by atoms with Gasteiger partial charge in [-0.1, -0.05) is 276 Å². The monoisotopic (exact) mass is 1110 g/mol. The molecule has 6 heteroatoms. The Kier molecular flexibility index (Phi) is 63.3. The van der Waals surface area contributed by atoms with Crippen molar-refractivity contribution >= 4 is 17.9 Å². The van der Waals surface area contributed by atoms with Crippen molar-refractivity contribution in [1.29, 1.82) is 0 Å². The van der Waals surface area contributed by atoms with Crippen molar-refractivity contribution in [3.63, 3.8) is 0 Å². The molecule has 0 aromatic heterocycles. The van der Waals surface area contributed by atoms with Crippen LogP contribution in [0.2, 0.25) is 0 Å². The second-order valence-electron chi connectivity index (χ2n) is 21.6. The van der Waals surface area contributed by atoms with Gasteiger partial charge in [-0.05, 0) is 135 Å². The minimum Gasteiger partial charge on any atom is -0.462 e. The SMILES string of the molecule is CC/C=C\C/C=C\C/C=C\C/C=C\C/C=C\C/C=C\C/C=C\C/C=C\CCCCCCCCC(=O)OCC(COC(=O)CCCCCCC/C=C\C/C=C\CCC)OC(=O)CCCCCCCCC/C=C\CCCCCCCCC. The lowest BCUT2D eigenvalue weighted by atomic mass is 10.1. The molecule has 0 aliphatic rings. The van der Waals surface area contributed by atoms with E-state index in [9.17, 15) is 14.4 Å². The number of unbranched alkanes of at least 4 members (excludes halogenated alkanes) is 26. The van der Waals surface area contributed by atoms with Gasteiger partial charge in [-0.3, -0.25) is 14.4 Å². The van der Waals surface area contributed by atoms with E-state index in [1.54, 1.807) is 0 Å². The summed E-state index contributed by atoms with van der Waals surface area (Å²) in [5, 5.41) is 0. The van der Waals surface area contributed by atoms with E-state index >= 15 is 0 Å². The predicted molar refractivity (Wildman–Crippen MR) is 348 cm³/mol. The van der Waals surface area contributed by atoms with Gasteiger partial charge in [0.25, 0.3) is 0 Å². The highest BCUT2D eigenvalue weighted by molar-refractivity contribution is 5.71. The topological polar surface area (TPSA) is 78.9 Å². The van der Waals surface area contributed by atoms with E-state index in [0.717, 1.165) is 154 Å². The molecule has 0 N–H and O–H groups in total. The maximum Gasteiger partial charge on any atom is 0.306 e. The van der Waals surface area contributed by atoms with Gasteiger partial charge in [0, 0.05) is 19.3 Å². The molecule has 0 saturated carbocycles. The number of rotatable bonds is 59. The maximum atomic E-state index is 12.9. The summed E-state index contributed by atoms with van der Waals surface area (Å²) in [7, 11) is 0. The summed E-state index contributed by atoms with van der Waals surface area (Å²) in [6, 6.07) is 0. The lowest BCUT2D eigenvalue weighted by molar-refractivity contribution is -0.167. The zero-order valence-corrected chi connectivity index (χ0v) is 52.0. The van der Waals surface area contributed by atoms with Gasteiger partial charge < -0.3 is 14.2 Å². The van der Waals surface area contributed by atoms with Gasteiger partial charge >= 0.3 is 17.9 Å². The summed E-state index contributed by atoms with van der Waals surface area (Å²) < 4.78 is 16.9. The van der Waals surface area contributed by atoms with Crippen molar-refractivity contribution in [3.05, 3.63) is 134 Å². The summed E-state index contributed by atoms with van der Waals surface area (Å²) in [6.07, 6.45) is 94.6. The van der Waals surface area contributed by atoms with Crippen LogP contribution in [0.4, 0.5) is 0 Å². The highest BCUT2D eigenvalue weighted by Gasteiger charge is 2.19. The average Bonchev–Trinajstić information content (AvgIpc) is 3.46. The lowest BCUT2D eigenvalue weighted by Crippen LogP contribution is -2.30. The Morgan fingerprint density at radius 3 is 0.825 bits per heavy atom. The molecular weight excluding hydrogens is 985 g/mol. The fourth-order valence-corrected chi connectivity index (χ4v) is 8.90. The van der Waals surface area contributed by atoms with Crippen LogP contribution in [0.1, 0.15) is 297 Å². The van der Waals surface area contributed by atoms with Gasteiger partial charge in [-0.25, -0.2) is 0 Å². The van der Waals surface area contributed by atoms with E-state index in [1.165, 1.54) is 103 Å². The summed E-state index contributed by atoms with van der Waals surface area (Å²) in [5.74, 6) is -0.923. The molecule has 0 bridgehead atoms. The predicted octanol–water partition coefficient (Wildman–Crippen LogP) is 22.9. The normalized spacial score (nSPS) is 13.0. The van der Waals surface area contributed by atoms with Gasteiger partial charge in [0.15, 0.2) is 6.10 Å². The third-order valence-electron chi connectivity index (χ3n) is 13.8. The number of hydrogen-bond donors (Lipinski definition) is 0. The molecule has 0 rings (SSSR count). The second-order valence-corrected chi connectivity index (χ2v) is 21.6. The van der Waals surface area contributed by atoms with Crippen molar-refractivity contribution in [2.24, 2.45) is 0 Å². The van der Waals surface area contributed by atoms with E-state index in [1.807, 2.05) is 0 Å². The standard InChI is InChI=1S/C74H122O6/c1-4-7-10-13-16-19-22-25-27-29-31-32-33-34-35-36-37-38-39-40-41-42-43-45-46-49-52-55-58-61-64-67-73(76)79-70-71(69-78-72(75)66-63-60-57-54-51-48-24-21-18-15-12-9-6-3)80-74(77)68-65-62-59-56-53-50-47-44-30-28-26-23-20-17-14-11-8-5-2/h7,10,12,15-16,19,21,24-25,27-28,30-32,34-35,37-38,40-41,43,45,71H,4-6,8-9,11,13-14,17-18,20,22-23,26,29,33,36,39,42,44,46-70H2,1-3H3/b10-7-,15-12-,19-16-,24-21-,27-25-,30-28-,32-31-,35-34-,38-37-,41-40-,45-43-. The summed E-state index contributed by atoms with van der Waals surface area (Å²) in [6.45, 7) is 6.44. The van der Waals surface area contributed by atoms with Crippen LogP contribution in [0.5, 0.6) is 0 Å². The Hall–Kier alpha value is -4.45. The molecule has 0 aromatic rings. The van der Waals surface area contributed by atoms with Crippen molar-refractivity contribution in [2.45, 2.75) is 303 Å². The zero-order chi connectivity index (χ0) is 57.8. The molecule has 454 valence electrons. The molecular formula is C74H122O6. The largest absolute Gasteiger partial charge is 0.462 e. The quantitative estimate of drug-likeness (QED) is 0.0261. The molecule has 0 radical (unpaired) electrons. The molecule has 0 aliphatic heterocycles. The Bertz CT molecular complexity index is 1700. The number of hydrogen-bond acceptors (Lipinski definition) is 6. The van der Waals surface area contributed by atoms with Crippen LogP contribution in [-0.4, -0.2) is 37.2 Å². The second kappa shape index (κ2) is 67.1. The minimum atomic E-state index is -0.798. The Morgan fingerprint density at radius 2 is 0.512 bits per heavy atom. The first-order chi connectivity index (χ1) is 39.5. The van der Waals surface area contributed by atoms with Gasteiger partial charge in [0.1, 0.15) is 13.2 Å². The third-order valence-corrected chi connectivity index (χ3v) is 13.8. The number of esters is 3. The van der Waals surface area contributed by atoms with Gasteiger partial charge in [0.2, 0.25) is 0 Å². The van der Waals surface area contributed by atoms with Crippen LogP contribution in [0.15, 0.2) is 134 Å². The fourth-order valence-electron chi connectivity index (χ4n) is 8.90. The maximum absolute atomic E-state index is 12.9. The van der Waals surface area contributed by atoms with E-state index in [4.69, 9.17) is 14.2 Å². The molecule has 0 aromatic carbocycles. The first-order valence-electron chi connectivity index (χ1n) is 33.2. The Labute approximate surface area is 494 Å². The number of carbonyl (C=O) groups is 3. The van der Waals surface area contributed by atoms with Crippen LogP contribution in [0.3, 0.4) is 0 Å². The van der Waals surface area contributed by atoms with Crippen molar-refractivity contribution in [3.8, 4) is 0 Å². The number of allylic oxidation sites excluding steroid dienone is 22. The van der Waals surface area contributed by atoms with E-state index in [-0.39, 0.29) is 31.1 Å². The van der Waals surface area contributed by atoms with E-state index < -0.39 is 6.10 Å². The van der Waals surface area contributed by atoms with Gasteiger partial charge in [0.05, 0.1) is 0 Å². The molecule has 6 nitrogen and oxygen atoms in total. The summed E-state index contributed by atoms with van der Waals surface area (Å²) in [4.78, 5) is 38.3. The summed E-state index contributed by atoms with van der Waals surface area (Å²) in [5.41, 5.74) is 0. The van der Waals surface area contributed by atoms with Crippen molar-refractivity contribution in [1.82, 2.24) is 0 Å². The van der Waals surface area contributed by atoms with Crippen molar-refractivity contribution in [2.75, 3.05) is 13.2 Å². The highest BCUT2D eigenvalue weighted by atomic mass is 16.6. The molecule has 1 unspecified atom stereocenters. The number of ether oxygens (including phenoxy) is 3. The van der Waals surface area contributed by atoms with Gasteiger partial charge in [-0.15, -0.1) is 0 Å². The first-order valence-corrected chi connectivity index (χ1v) is 33.2. The Morgan fingerprint density at radius 1 is 0.263 bits per heavy atom. The zero-order valence-electron chi connectivity index (χ0n) is 52.0. The molecule has 0 heterocycles. The minimum absolute atomic E-state index is 0.0942. The van der Waals surface area contributed by atoms with Crippen LogP contribution < -0.4 is 0 Å². The average molecular weight is 1110 g/mol. The van der Waals surface area contributed by atoms with Gasteiger partial charge in [-0.2, -0.15) is 0 Å². The molecule has 0 aliphatic carbocycles. The molecule has 0 fully saturated rings. The van der Waals surface area contributed by atoms with E-state index in [0.29, 0.717) is 19.3 Å². The third kappa shape index (κ3) is 64.4. The molecule has 0 spiro atoms. The smallest absolute Gasteiger partial charge is 0.306 e. The van der Waals surface area contributed by atoms with E-state index in [2.05, 4.69) is 154 Å². The number of carbonyl (C=O) groups excluding carboxylic acids is 3. The molecule has 1 atom stereocenters. The molecule has 0 amide bonds. The lowest BCUT2D eigenvalue weighted by Gasteiger charge is -2.18. The Balaban J connectivity index is 4.35. The van der Waals surface area contributed by atoms with Crippen LogP contribution in [0.25, 0.3) is 0 Å². The van der Waals surface area contributed by atoms with Crippen LogP contribution in [-0.2, 0) is 28.6 Å². The highest BCUT2D eigenvalue weighted by Crippen LogP contribution is 2.15. The fraction of sp³-hybridized carbons (Fsp3) is 0.662. The molecule has 80 heavy (non-hydrogen) atoms.